The van der Waals surface area contributed by atoms with E-state index in [1.54, 1.807) is 0 Å². The quantitative estimate of drug-likeness (QED) is 0.541. The number of allylic oxidation sites excluding steroid dienone is 2. The molecule has 0 fully saturated rings. The average molecular weight is 207 g/mol. The van der Waals surface area contributed by atoms with Gasteiger partial charge >= 0.3 is 0 Å². The van der Waals surface area contributed by atoms with Crippen molar-refractivity contribution in [2.45, 2.75) is 6.92 Å². The lowest BCUT2D eigenvalue weighted by atomic mass is 10.3. The second-order valence-corrected chi connectivity index (χ2v) is 3.19. The normalized spacial score (nSPS) is 18.1. The Morgan fingerprint density at radius 3 is 2.86 bits per heavy atom. The molecule has 38 valence electrons. The van der Waals surface area contributed by atoms with Gasteiger partial charge in [-0.3, -0.25) is 0 Å². The summed E-state index contributed by atoms with van der Waals surface area (Å²) in [5, 5.41) is 0. The van der Waals surface area contributed by atoms with Crippen molar-refractivity contribution in [1.82, 2.24) is 0 Å². The van der Waals surface area contributed by atoms with Crippen molar-refractivity contribution in [1.29, 1.82) is 0 Å². The highest BCUT2D eigenvalue weighted by atomic mass is 127. The molecule has 0 aliphatic carbocycles. The summed E-state index contributed by atoms with van der Waals surface area (Å²) in [6.07, 6.45) is 4.06. The van der Waals surface area contributed by atoms with Crippen LogP contribution in [0, 0.1) is 0 Å². The summed E-state index contributed by atoms with van der Waals surface area (Å²) < 4.78 is 6.28. The molecule has 2 heteroatoms. The Kier molecular flexibility index (Phi) is 1.73. The molecule has 1 aliphatic heterocycles. The lowest BCUT2D eigenvalue weighted by molar-refractivity contribution is 1.46. The zero-order chi connectivity index (χ0) is 5.11. The SMILES string of the molecule is CC1=CN=IC=C1. The summed E-state index contributed by atoms with van der Waals surface area (Å²) in [5.74, 6) is 0. The van der Waals surface area contributed by atoms with Crippen LogP contribution in [-0.4, -0.2) is 0 Å². The first kappa shape index (κ1) is 5.15. The minimum absolute atomic E-state index is 0.0556. The smallest absolute Gasteiger partial charge is 0.0359 e. The maximum absolute atomic E-state index is 4.12. The second kappa shape index (κ2) is 2.35. The monoisotopic (exact) mass is 207 g/mol. The Balaban J connectivity index is 2.82. The fourth-order valence-corrected chi connectivity index (χ4v) is 1.82. The highest BCUT2D eigenvalue weighted by Crippen LogP contribution is 2.12. The third-order valence-corrected chi connectivity index (χ3v) is 1.97. The Morgan fingerprint density at radius 1 is 1.71 bits per heavy atom. The predicted molar refractivity (Wildman–Crippen MR) is 39.3 cm³/mol. The van der Waals surface area contributed by atoms with Gasteiger partial charge in [-0.2, -0.15) is 0 Å². The molecule has 0 aromatic rings. The average Bonchev–Trinajstić information content (AvgIpc) is 1.69. The second-order valence-electron chi connectivity index (χ2n) is 1.36. The summed E-state index contributed by atoms with van der Waals surface area (Å²) in [5.41, 5.74) is 1.27. The molecular formula is C5H6IN. The fourth-order valence-electron chi connectivity index (χ4n) is 0.308. The van der Waals surface area contributed by atoms with Crippen molar-refractivity contribution in [3.05, 3.63) is 21.9 Å². The van der Waals surface area contributed by atoms with E-state index in [0.717, 1.165) is 0 Å². The molecule has 0 radical (unpaired) electrons. The van der Waals surface area contributed by atoms with Gasteiger partial charge < -0.3 is 0 Å². The highest BCUT2D eigenvalue weighted by Gasteiger charge is 1.80. The minimum Gasteiger partial charge on any atom is -0.230 e. The molecule has 0 N–H and O–H groups in total. The van der Waals surface area contributed by atoms with Crippen LogP contribution in [0.4, 0.5) is 0 Å². The molecule has 1 rings (SSSR count). The van der Waals surface area contributed by atoms with Gasteiger partial charge in [0.25, 0.3) is 0 Å². The van der Waals surface area contributed by atoms with Crippen LogP contribution in [-0.2, 0) is 0 Å². The summed E-state index contributed by atoms with van der Waals surface area (Å²) >= 11 is 0.0556. The zero-order valence-electron chi connectivity index (χ0n) is 4.06. The van der Waals surface area contributed by atoms with Gasteiger partial charge in [0.15, 0.2) is 0 Å². The van der Waals surface area contributed by atoms with E-state index in [0.29, 0.717) is 0 Å². The highest BCUT2D eigenvalue weighted by molar-refractivity contribution is 14.2. The first-order chi connectivity index (χ1) is 3.39. The van der Waals surface area contributed by atoms with Gasteiger partial charge in [0.1, 0.15) is 0 Å². The van der Waals surface area contributed by atoms with Crippen LogP contribution < -0.4 is 0 Å². The van der Waals surface area contributed by atoms with E-state index in [1.165, 1.54) is 5.57 Å². The molecule has 0 saturated heterocycles. The van der Waals surface area contributed by atoms with Gasteiger partial charge in [-0.05, 0) is 16.6 Å². The maximum atomic E-state index is 4.12. The third-order valence-electron chi connectivity index (χ3n) is 0.691. The Bertz CT molecular complexity index is 144. The number of nitrogens with zero attached hydrogens (tertiary/aromatic N) is 1. The first-order valence-corrected chi connectivity index (χ1v) is 4.27. The van der Waals surface area contributed by atoms with Crippen molar-refractivity contribution in [2.24, 2.45) is 3.15 Å². The largest absolute Gasteiger partial charge is 0.230 e. The molecule has 7 heavy (non-hydrogen) atoms. The Labute approximate surface area is 53.3 Å². The molecule has 0 saturated carbocycles. The van der Waals surface area contributed by atoms with E-state index in [-0.39, 0.29) is 21.0 Å². The molecule has 0 atom stereocenters. The van der Waals surface area contributed by atoms with Crippen LogP contribution in [0.15, 0.2) is 25.1 Å². The first-order valence-electron chi connectivity index (χ1n) is 2.06. The van der Waals surface area contributed by atoms with Crippen LogP contribution in [0.3, 0.4) is 0 Å². The lowest BCUT2D eigenvalue weighted by Crippen LogP contribution is -1.63. The molecule has 1 nitrogen and oxygen atoms in total. The molecule has 0 spiro atoms. The number of hydrogen-bond donors (Lipinski definition) is 0. The van der Waals surface area contributed by atoms with Crippen LogP contribution in [0.5, 0.6) is 0 Å². The van der Waals surface area contributed by atoms with E-state index >= 15 is 0 Å². The Morgan fingerprint density at radius 2 is 2.57 bits per heavy atom. The molecule has 0 unspecified atom stereocenters. The number of hydrogen-bond acceptors (Lipinski definition) is 1. The summed E-state index contributed by atoms with van der Waals surface area (Å²) in [7, 11) is 0. The molecular weight excluding hydrogens is 201 g/mol. The van der Waals surface area contributed by atoms with Crippen molar-refractivity contribution in [2.75, 3.05) is 0 Å². The topological polar surface area (TPSA) is 12.4 Å². The molecule has 0 aromatic heterocycles. The van der Waals surface area contributed by atoms with E-state index < -0.39 is 0 Å². The third kappa shape index (κ3) is 1.51. The molecule has 0 amide bonds. The summed E-state index contributed by atoms with van der Waals surface area (Å²) in [4.78, 5) is 0. The summed E-state index contributed by atoms with van der Waals surface area (Å²) in [6, 6.07) is 0. The van der Waals surface area contributed by atoms with Gasteiger partial charge in [-0.1, -0.05) is 6.08 Å². The van der Waals surface area contributed by atoms with Gasteiger partial charge in [0, 0.05) is 27.2 Å². The molecule has 1 heterocycles. The summed E-state index contributed by atoms with van der Waals surface area (Å²) in [6.45, 7) is 2.06. The standard InChI is InChI=1S/C5H6IN/c1-5-2-3-6-7-4-5/h2-4H,1H3. The van der Waals surface area contributed by atoms with Crippen LogP contribution in [0.1, 0.15) is 6.92 Å². The molecule has 0 aromatic carbocycles. The fraction of sp³-hybridized carbons (Fsp3) is 0.200. The predicted octanol–water partition coefficient (Wildman–Crippen LogP) is 2.57. The van der Waals surface area contributed by atoms with Gasteiger partial charge in [0.05, 0.1) is 0 Å². The number of halogens is 1. The van der Waals surface area contributed by atoms with Crippen molar-refractivity contribution < 1.29 is 0 Å². The van der Waals surface area contributed by atoms with E-state index in [1.807, 2.05) is 6.20 Å². The van der Waals surface area contributed by atoms with E-state index in [9.17, 15) is 0 Å². The van der Waals surface area contributed by atoms with Gasteiger partial charge in [-0.25, -0.2) is 3.15 Å². The van der Waals surface area contributed by atoms with Gasteiger partial charge in [0.2, 0.25) is 0 Å². The minimum atomic E-state index is 0.0556. The van der Waals surface area contributed by atoms with E-state index in [2.05, 4.69) is 20.2 Å². The van der Waals surface area contributed by atoms with Crippen LogP contribution in [0.2, 0.25) is 0 Å². The van der Waals surface area contributed by atoms with Crippen LogP contribution >= 0.6 is 21.0 Å². The van der Waals surface area contributed by atoms with Crippen molar-refractivity contribution in [3.63, 3.8) is 0 Å². The molecule has 1 aliphatic rings. The van der Waals surface area contributed by atoms with Crippen LogP contribution in [0.25, 0.3) is 0 Å². The molecule has 0 bridgehead atoms. The lowest BCUT2D eigenvalue weighted by Gasteiger charge is -1.87. The number of rotatable bonds is 0. The zero-order valence-corrected chi connectivity index (χ0v) is 6.21. The van der Waals surface area contributed by atoms with Gasteiger partial charge in [-0.15, -0.1) is 0 Å². The van der Waals surface area contributed by atoms with Crippen molar-refractivity contribution in [3.8, 4) is 0 Å². The van der Waals surface area contributed by atoms with E-state index in [4.69, 9.17) is 0 Å². The van der Waals surface area contributed by atoms with Crippen molar-refractivity contribution >= 4 is 21.0 Å². The Hall–Kier alpha value is 0.01000. The maximum Gasteiger partial charge on any atom is 0.0359 e.